The van der Waals surface area contributed by atoms with Crippen LogP contribution >= 0.6 is 11.6 Å². The predicted octanol–water partition coefficient (Wildman–Crippen LogP) is 4.88. The van der Waals surface area contributed by atoms with Crippen molar-refractivity contribution in [3.8, 4) is 5.75 Å². The average Bonchev–Trinajstić information content (AvgIpc) is 2.88. The zero-order chi connectivity index (χ0) is 25.1. The number of hydrogen-bond acceptors (Lipinski definition) is 8. The third-order valence-electron chi connectivity index (χ3n) is 6.30. The zero-order valence-corrected chi connectivity index (χ0v) is 21.9. The molecule has 2 aliphatic heterocycles. The number of piperazine rings is 1. The van der Waals surface area contributed by atoms with Crippen LogP contribution in [0.3, 0.4) is 0 Å². The van der Waals surface area contributed by atoms with E-state index < -0.39 is 0 Å². The summed E-state index contributed by atoms with van der Waals surface area (Å²) in [5.74, 6) is 2.13. The van der Waals surface area contributed by atoms with Crippen molar-refractivity contribution < 1.29 is 14.2 Å². The molecule has 8 nitrogen and oxygen atoms in total. The minimum atomic E-state index is -0.360. The number of rotatable bonds is 6. The van der Waals surface area contributed by atoms with Crippen molar-refractivity contribution in [2.75, 3.05) is 56.2 Å². The standard InChI is InChI=1S/C27H34ClN5O3/c1-27(2,3)26-31-22-7-6-19(33-11-9-29-10-12-33)16-20(22)25(32-26)30-18-5-8-23(21(28)15-18)36-17-24-34-13-4-14-35-24/h5-8,15-16,24,29H,4,9-14,17H2,1-3H3,(H,30,31,32). The largest absolute Gasteiger partial charge is 0.487 e. The second-order valence-corrected chi connectivity index (χ2v) is 10.6. The van der Waals surface area contributed by atoms with Gasteiger partial charge in [-0.25, -0.2) is 9.97 Å². The highest BCUT2D eigenvalue weighted by molar-refractivity contribution is 6.32. The molecular formula is C27H34ClN5O3. The highest BCUT2D eigenvalue weighted by Gasteiger charge is 2.21. The molecule has 2 aromatic carbocycles. The van der Waals surface area contributed by atoms with E-state index in [1.165, 1.54) is 5.69 Å². The molecule has 0 bridgehead atoms. The van der Waals surface area contributed by atoms with Gasteiger partial charge in [0.05, 0.1) is 23.8 Å². The third-order valence-corrected chi connectivity index (χ3v) is 6.59. The Morgan fingerprint density at radius 3 is 2.58 bits per heavy atom. The van der Waals surface area contributed by atoms with Crippen LogP contribution in [-0.2, 0) is 14.9 Å². The Labute approximate surface area is 217 Å². The van der Waals surface area contributed by atoms with Crippen LogP contribution in [0.15, 0.2) is 36.4 Å². The van der Waals surface area contributed by atoms with Gasteiger partial charge in [-0.15, -0.1) is 0 Å². The molecule has 0 unspecified atom stereocenters. The van der Waals surface area contributed by atoms with Crippen molar-refractivity contribution >= 4 is 39.7 Å². The van der Waals surface area contributed by atoms with Gasteiger partial charge in [0.1, 0.15) is 24.0 Å². The van der Waals surface area contributed by atoms with Crippen molar-refractivity contribution in [2.24, 2.45) is 0 Å². The molecule has 36 heavy (non-hydrogen) atoms. The highest BCUT2D eigenvalue weighted by Crippen LogP contribution is 2.34. The van der Waals surface area contributed by atoms with Crippen molar-refractivity contribution in [3.63, 3.8) is 0 Å². The normalized spacial score (nSPS) is 17.4. The fourth-order valence-electron chi connectivity index (χ4n) is 4.29. The number of fused-ring (bicyclic) bond motifs is 1. The van der Waals surface area contributed by atoms with Gasteiger partial charge < -0.3 is 29.7 Å². The van der Waals surface area contributed by atoms with Crippen LogP contribution in [0, 0.1) is 0 Å². The van der Waals surface area contributed by atoms with Crippen LogP contribution in [0.2, 0.25) is 5.02 Å². The van der Waals surface area contributed by atoms with E-state index >= 15 is 0 Å². The Hall–Kier alpha value is -2.65. The smallest absolute Gasteiger partial charge is 0.191 e. The first-order chi connectivity index (χ1) is 17.4. The molecular weight excluding hydrogens is 478 g/mol. The molecule has 5 rings (SSSR count). The minimum Gasteiger partial charge on any atom is -0.487 e. The molecule has 2 N–H and O–H groups in total. The molecule has 0 aliphatic carbocycles. The molecule has 0 radical (unpaired) electrons. The van der Waals surface area contributed by atoms with Gasteiger partial charge in [-0.05, 0) is 42.8 Å². The summed E-state index contributed by atoms with van der Waals surface area (Å²) in [7, 11) is 0. The summed E-state index contributed by atoms with van der Waals surface area (Å²) < 4.78 is 17.0. The minimum absolute atomic E-state index is 0.194. The number of nitrogens with one attached hydrogen (secondary N) is 2. The van der Waals surface area contributed by atoms with E-state index in [1.54, 1.807) is 0 Å². The summed E-state index contributed by atoms with van der Waals surface area (Å²) in [6.45, 7) is 11.9. The van der Waals surface area contributed by atoms with Crippen LogP contribution in [0.1, 0.15) is 33.0 Å². The second-order valence-electron chi connectivity index (χ2n) is 10.2. The number of nitrogens with zero attached hydrogens (tertiary/aromatic N) is 3. The molecule has 1 aromatic heterocycles. The quantitative estimate of drug-likeness (QED) is 0.485. The van der Waals surface area contributed by atoms with Gasteiger partial charge in [0.25, 0.3) is 0 Å². The van der Waals surface area contributed by atoms with E-state index in [0.717, 1.165) is 60.8 Å². The SMILES string of the molecule is CC(C)(C)c1nc(Nc2ccc(OCC3OCCCO3)c(Cl)c2)c2cc(N3CCNCC3)ccc2n1. The van der Waals surface area contributed by atoms with Crippen molar-refractivity contribution in [2.45, 2.75) is 38.9 Å². The predicted molar refractivity (Wildman–Crippen MR) is 144 cm³/mol. The molecule has 2 aliphatic rings. The van der Waals surface area contributed by atoms with Crippen LogP contribution in [0.4, 0.5) is 17.2 Å². The monoisotopic (exact) mass is 511 g/mol. The van der Waals surface area contributed by atoms with Gasteiger partial charge in [-0.2, -0.15) is 0 Å². The number of anilines is 3. The van der Waals surface area contributed by atoms with Crippen LogP contribution in [0.25, 0.3) is 10.9 Å². The maximum Gasteiger partial charge on any atom is 0.191 e. The van der Waals surface area contributed by atoms with E-state index in [-0.39, 0.29) is 11.7 Å². The Balaban J connectivity index is 1.42. The van der Waals surface area contributed by atoms with Crippen molar-refractivity contribution in [1.29, 1.82) is 0 Å². The Bertz CT molecular complexity index is 1200. The van der Waals surface area contributed by atoms with Gasteiger partial charge in [-0.3, -0.25) is 0 Å². The van der Waals surface area contributed by atoms with Crippen molar-refractivity contribution in [1.82, 2.24) is 15.3 Å². The Kier molecular flexibility index (Phi) is 7.48. The van der Waals surface area contributed by atoms with Gasteiger partial charge >= 0.3 is 0 Å². The Morgan fingerprint density at radius 1 is 1.08 bits per heavy atom. The lowest BCUT2D eigenvalue weighted by Crippen LogP contribution is -2.43. The molecule has 3 aromatic rings. The number of aromatic nitrogens is 2. The number of ether oxygens (including phenoxy) is 3. The van der Waals surface area contributed by atoms with E-state index in [1.807, 2.05) is 18.2 Å². The number of benzene rings is 2. The molecule has 0 amide bonds. The average molecular weight is 512 g/mol. The highest BCUT2D eigenvalue weighted by atomic mass is 35.5. The lowest BCUT2D eigenvalue weighted by Gasteiger charge is -2.29. The summed E-state index contributed by atoms with van der Waals surface area (Å²) in [6, 6.07) is 12.1. The number of halogens is 1. The van der Waals surface area contributed by atoms with Gasteiger partial charge in [0.15, 0.2) is 6.29 Å². The summed E-state index contributed by atoms with van der Waals surface area (Å²) in [6.07, 6.45) is 0.545. The fraction of sp³-hybridized carbons (Fsp3) is 0.481. The summed E-state index contributed by atoms with van der Waals surface area (Å²) in [5, 5.41) is 8.38. The van der Waals surface area contributed by atoms with E-state index in [9.17, 15) is 0 Å². The summed E-state index contributed by atoms with van der Waals surface area (Å²) >= 11 is 6.57. The molecule has 192 valence electrons. The summed E-state index contributed by atoms with van der Waals surface area (Å²) in [4.78, 5) is 12.2. The number of hydrogen-bond donors (Lipinski definition) is 2. The topological polar surface area (TPSA) is 80.8 Å². The van der Waals surface area contributed by atoms with Crippen LogP contribution in [0.5, 0.6) is 5.75 Å². The first-order valence-corrected chi connectivity index (χ1v) is 13.0. The molecule has 2 fully saturated rings. The summed E-state index contributed by atoms with van der Waals surface area (Å²) in [5.41, 5.74) is 2.72. The lowest BCUT2D eigenvalue weighted by atomic mass is 9.95. The maximum atomic E-state index is 6.57. The van der Waals surface area contributed by atoms with Gasteiger partial charge in [-0.1, -0.05) is 32.4 Å². The fourth-order valence-corrected chi connectivity index (χ4v) is 4.52. The molecule has 0 saturated carbocycles. The van der Waals surface area contributed by atoms with Crippen molar-refractivity contribution in [3.05, 3.63) is 47.2 Å². The molecule has 3 heterocycles. The maximum absolute atomic E-state index is 6.57. The third kappa shape index (κ3) is 5.83. The molecule has 9 heteroatoms. The lowest BCUT2D eigenvalue weighted by molar-refractivity contribution is -0.191. The second kappa shape index (κ2) is 10.8. The first-order valence-electron chi connectivity index (χ1n) is 12.6. The van der Waals surface area contributed by atoms with E-state index in [0.29, 0.717) is 30.6 Å². The first kappa shape index (κ1) is 25.0. The van der Waals surface area contributed by atoms with Crippen LogP contribution in [-0.4, -0.2) is 62.3 Å². The molecule has 2 saturated heterocycles. The Morgan fingerprint density at radius 2 is 1.86 bits per heavy atom. The van der Waals surface area contributed by atoms with E-state index in [4.69, 9.17) is 35.8 Å². The van der Waals surface area contributed by atoms with Crippen LogP contribution < -0.4 is 20.3 Å². The van der Waals surface area contributed by atoms with Gasteiger partial charge in [0, 0.05) is 48.4 Å². The van der Waals surface area contributed by atoms with Gasteiger partial charge in [0.2, 0.25) is 0 Å². The molecule has 0 spiro atoms. The molecule has 0 atom stereocenters. The van der Waals surface area contributed by atoms with E-state index in [2.05, 4.69) is 54.5 Å². The zero-order valence-electron chi connectivity index (χ0n) is 21.1.